The molecule has 1 saturated heterocycles. The van der Waals surface area contributed by atoms with Gasteiger partial charge in [0.05, 0.1) is 40.1 Å². The SMILES string of the molecule is CCCCOc1ccc(CCOC(=O)NCCCCNC(=O)O[C@@H]2CCN([C@@H]3CCCC[C@H]3OCCc3ccc(OC)c(OC)c3)C2)cc1. The molecule has 1 heterocycles. The second kappa shape index (κ2) is 21.4. The van der Waals surface area contributed by atoms with Gasteiger partial charge >= 0.3 is 12.2 Å². The lowest BCUT2D eigenvalue weighted by Gasteiger charge is -2.37. The van der Waals surface area contributed by atoms with E-state index in [1.165, 1.54) is 12.8 Å². The number of ether oxygens (including phenoxy) is 6. The first-order chi connectivity index (χ1) is 24.0. The summed E-state index contributed by atoms with van der Waals surface area (Å²) in [5.74, 6) is 2.32. The van der Waals surface area contributed by atoms with Gasteiger partial charge in [0.2, 0.25) is 0 Å². The molecule has 2 aliphatic rings. The number of carbonyl (C=O) groups excluding carboxylic acids is 2. The van der Waals surface area contributed by atoms with Gasteiger partial charge in [-0.3, -0.25) is 4.90 Å². The molecule has 11 heteroatoms. The van der Waals surface area contributed by atoms with Crippen molar-refractivity contribution >= 4 is 12.2 Å². The number of unbranched alkanes of at least 4 members (excludes halogenated alkanes) is 2. The first-order valence-electron chi connectivity index (χ1n) is 18.1. The summed E-state index contributed by atoms with van der Waals surface area (Å²) in [5.41, 5.74) is 2.24. The Morgan fingerprint density at radius 2 is 1.51 bits per heavy atom. The van der Waals surface area contributed by atoms with Crippen LogP contribution >= 0.6 is 0 Å². The summed E-state index contributed by atoms with van der Waals surface area (Å²) >= 11 is 0. The molecule has 11 nitrogen and oxygen atoms in total. The standard InChI is InChI=1S/C38H57N3O8/c1-4-5-24-46-31-15-12-29(13-16-31)19-26-48-37(42)39-21-8-9-22-40-38(43)49-32-18-23-41(28-32)33-10-6-7-11-34(33)47-25-20-30-14-17-35(44-2)36(27-30)45-3/h12-17,27,32-34H,4-11,18-26,28H2,1-3H3,(H,39,42)(H,40,43)/t32-,33-,34-/m1/s1. The van der Waals surface area contributed by atoms with Gasteiger partial charge in [-0.1, -0.05) is 44.4 Å². The van der Waals surface area contributed by atoms with Crippen molar-refractivity contribution in [2.75, 3.05) is 60.2 Å². The summed E-state index contributed by atoms with van der Waals surface area (Å²) in [6.07, 6.45) is 9.64. The largest absolute Gasteiger partial charge is 0.494 e. The van der Waals surface area contributed by atoms with E-state index >= 15 is 0 Å². The maximum Gasteiger partial charge on any atom is 0.407 e. The van der Waals surface area contributed by atoms with Gasteiger partial charge in [-0.15, -0.1) is 0 Å². The Morgan fingerprint density at radius 3 is 2.27 bits per heavy atom. The molecular formula is C38H57N3O8. The minimum atomic E-state index is -0.429. The third kappa shape index (κ3) is 13.3. The first-order valence-corrected chi connectivity index (χ1v) is 18.1. The zero-order chi connectivity index (χ0) is 34.7. The van der Waals surface area contributed by atoms with Crippen molar-refractivity contribution in [1.82, 2.24) is 15.5 Å². The van der Waals surface area contributed by atoms with Gasteiger partial charge in [0.25, 0.3) is 0 Å². The van der Waals surface area contributed by atoms with E-state index in [0.717, 1.165) is 99.4 Å². The second-order valence-electron chi connectivity index (χ2n) is 12.8. The molecule has 0 unspecified atom stereocenters. The Balaban J connectivity index is 1.03. The van der Waals surface area contributed by atoms with E-state index in [2.05, 4.69) is 28.5 Å². The lowest BCUT2D eigenvalue weighted by atomic mass is 9.91. The third-order valence-corrected chi connectivity index (χ3v) is 9.21. The molecule has 0 aromatic heterocycles. The van der Waals surface area contributed by atoms with Crippen LogP contribution in [0.3, 0.4) is 0 Å². The highest BCUT2D eigenvalue weighted by atomic mass is 16.6. The summed E-state index contributed by atoms with van der Waals surface area (Å²) in [5, 5.41) is 5.63. The predicted molar refractivity (Wildman–Crippen MR) is 189 cm³/mol. The Morgan fingerprint density at radius 1 is 0.796 bits per heavy atom. The van der Waals surface area contributed by atoms with Crippen LogP contribution in [0.5, 0.6) is 17.2 Å². The van der Waals surface area contributed by atoms with E-state index in [4.69, 9.17) is 28.4 Å². The summed E-state index contributed by atoms with van der Waals surface area (Å²) in [4.78, 5) is 26.9. The van der Waals surface area contributed by atoms with Gasteiger partial charge in [-0.2, -0.15) is 0 Å². The van der Waals surface area contributed by atoms with E-state index in [0.29, 0.717) is 38.8 Å². The lowest BCUT2D eigenvalue weighted by molar-refractivity contribution is -0.0319. The van der Waals surface area contributed by atoms with Crippen LogP contribution in [0.1, 0.15) is 75.8 Å². The molecule has 272 valence electrons. The number of alkyl carbamates (subject to hydrolysis) is 2. The molecule has 2 fully saturated rings. The normalized spacial score (nSPS) is 19.2. The van der Waals surface area contributed by atoms with Gasteiger partial charge in [-0.25, -0.2) is 9.59 Å². The predicted octanol–water partition coefficient (Wildman–Crippen LogP) is 6.30. The smallest absolute Gasteiger partial charge is 0.407 e. The van der Waals surface area contributed by atoms with Gasteiger partial charge in [-0.05, 0) is 80.3 Å². The van der Waals surface area contributed by atoms with Crippen molar-refractivity contribution < 1.29 is 38.0 Å². The van der Waals surface area contributed by atoms with Crippen molar-refractivity contribution in [1.29, 1.82) is 0 Å². The molecule has 2 amide bonds. The van der Waals surface area contributed by atoms with Crippen LogP contribution in [-0.2, 0) is 27.1 Å². The molecule has 3 atom stereocenters. The van der Waals surface area contributed by atoms with E-state index in [-0.39, 0.29) is 18.3 Å². The fraction of sp³-hybridized carbons (Fsp3) is 0.632. The van der Waals surface area contributed by atoms with Gasteiger partial charge < -0.3 is 39.1 Å². The highest BCUT2D eigenvalue weighted by Crippen LogP contribution is 2.30. The highest BCUT2D eigenvalue weighted by Gasteiger charge is 2.36. The molecule has 0 spiro atoms. The molecule has 1 aliphatic heterocycles. The zero-order valence-corrected chi connectivity index (χ0v) is 29.7. The number of hydrogen-bond donors (Lipinski definition) is 2. The maximum absolute atomic E-state index is 12.5. The Bertz CT molecular complexity index is 1260. The Labute approximate surface area is 292 Å². The summed E-state index contributed by atoms with van der Waals surface area (Å²) < 4.78 is 34.0. The average Bonchev–Trinajstić information content (AvgIpc) is 3.58. The number of methoxy groups -OCH3 is 2. The molecule has 0 bridgehead atoms. The number of nitrogens with zero attached hydrogens (tertiary/aromatic N) is 1. The average molecular weight is 684 g/mol. The Kier molecular flexibility index (Phi) is 16.6. The number of rotatable bonds is 20. The van der Waals surface area contributed by atoms with Crippen molar-refractivity contribution in [3.8, 4) is 17.2 Å². The summed E-state index contributed by atoms with van der Waals surface area (Å²) in [7, 11) is 3.29. The van der Waals surface area contributed by atoms with Crippen LogP contribution < -0.4 is 24.8 Å². The van der Waals surface area contributed by atoms with Crippen molar-refractivity contribution in [3.05, 3.63) is 53.6 Å². The Hall–Kier alpha value is -3.70. The van der Waals surface area contributed by atoms with Crippen LogP contribution in [0.2, 0.25) is 0 Å². The van der Waals surface area contributed by atoms with Crippen LogP contribution in [0.25, 0.3) is 0 Å². The van der Waals surface area contributed by atoms with E-state index in [1.807, 2.05) is 36.4 Å². The number of nitrogens with one attached hydrogen (secondary N) is 2. The highest BCUT2D eigenvalue weighted by molar-refractivity contribution is 5.67. The van der Waals surface area contributed by atoms with Gasteiger partial charge in [0, 0.05) is 38.6 Å². The van der Waals surface area contributed by atoms with E-state index in [1.54, 1.807) is 14.2 Å². The molecule has 4 rings (SSSR count). The van der Waals surface area contributed by atoms with Gasteiger partial charge in [0.15, 0.2) is 11.5 Å². The van der Waals surface area contributed by atoms with Crippen LogP contribution in [0, 0.1) is 0 Å². The molecule has 2 aromatic rings. The molecule has 1 saturated carbocycles. The molecule has 49 heavy (non-hydrogen) atoms. The molecule has 0 radical (unpaired) electrons. The van der Waals surface area contributed by atoms with Crippen molar-refractivity contribution in [2.24, 2.45) is 0 Å². The van der Waals surface area contributed by atoms with E-state index < -0.39 is 6.09 Å². The summed E-state index contributed by atoms with van der Waals surface area (Å²) in [6.45, 7) is 6.42. The van der Waals surface area contributed by atoms with Gasteiger partial charge in [0.1, 0.15) is 11.9 Å². The first kappa shape index (κ1) is 38.1. The molecule has 2 aromatic carbocycles. The summed E-state index contributed by atoms with van der Waals surface area (Å²) in [6, 6.07) is 14.2. The number of carbonyl (C=O) groups is 2. The fourth-order valence-electron chi connectivity index (χ4n) is 6.43. The van der Waals surface area contributed by atoms with Crippen LogP contribution in [0.4, 0.5) is 9.59 Å². The number of benzene rings is 2. The minimum absolute atomic E-state index is 0.122. The van der Waals surface area contributed by atoms with E-state index in [9.17, 15) is 9.59 Å². The van der Waals surface area contributed by atoms with Crippen molar-refractivity contribution in [2.45, 2.75) is 95.8 Å². The number of hydrogen-bond acceptors (Lipinski definition) is 9. The number of amides is 2. The van der Waals surface area contributed by atoms with Crippen LogP contribution in [0.15, 0.2) is 42.5 Å². The minimum Gasteiger partial charge on any atom is -0.494 e. The quantitative estimate of drug-likeness (QED) is 0.155. The fourth-order valence-corrected chi connectivity index (χ4v) is 6.43. The van der Waals surface area contributed by atoms with Crippen LogP contribution in [-0.4, -0.2) is 95.6 Å². The zero-order valence-electron chi connectivity index (χ0n) is 29.7. The number of likely N-dealkylation sites (tertiary alicyclic amines) is 1. The topological polar surface area (TPSA) is 117 Å². The molecule has 2 N–H and O–H groups in total. The molecular weight excluding hydrogens is 626 g/mol. The monoisotopic (exact) mass is 683 g/mol. The second-order valence-corrected chi connectivity index (χ2v) is 12.8. The molecule has 1 aliphatic carbocycles. The lowest BCUT2D eigenvalue weighted by Crippen LogP contribution is -2.46. The van der Waals surface area contributed by atoms with Crippen molar-refractivity contribution in [3.63, 3.8) is 0 Å². The maximum atomic E-state index is 12.5. The third-order valence-electron chi connectivity index (χ3n) is 9.21.